The molecule has 0 unspecified atom stereocenters. The van der Waals surface area contributed by atoms with E-state index in [-0.39, 0.29) is 29.7 Å². The number of hydrogen-bond donors (Lipinski definition) is 3. The third-order valence-electron chi connectivity index (χ3n) is 10.1. The molecule has 4 heterocycles. The second kappa shape index (κ2) is 17.4. The molecule has 3 N–H and O–H groups in total. The van der Waals surface area contributed by atoms with Gasteiger partial charge in [0, 0.05) is 36.7 Å². The Morgan fingerprint density at radius 2 is 1.77 bits per heavy atom. The zero-order valence-electron chi connectivity index (χ0n) is 32.9. The first-order valence-electron chi connectivity index (χ1n) is 19.1. The number of carbonyl (C=O) groups is 2. The summed E-state index contributed by atoms with van der Waals surface area (Å²) in [4.78, 5) is 26.4. The standard InChI is InChI=1S/C40H50FN9O3.CH2O2/c1-26-11-9-10-20-48(26)39-45-44-36-19-15-28(25-49(36)39)53-34-18-17-32(29-12-7-8-13-30(29)34)42-38(51)43-37-24-35(40(2,3)4)46-50(37)33-23-27(14-16-31(33)41)52-22-21-47(5)6;2-1-3/h7-8,12-16,19,23-26,32,34H,9-11,17-18,20-22H2,1-6H3,(H2,42,43,51);1H,(H,2,3)/t26-,32-,34+;/m0./s1. The largest absolute Gasteiger partial charge is 0.492 e. The molecule has 5 aromatic rings. The van der Waals surface area contributed by atoms with E-state index in [4.69, 9.17) is 24.5 Å². The van der Waals surface area contributed by atoms with E-state index in [1.165, 1.54) is 17.2 Å². The third-order valence-corrected chi connectivity index (χ3v) is 10.1. The van der Waals surface area contributed by atoms with Gasteiger partial charge in [0.05, 0.1) is 17.9 Å². The van der Waals surface area contributed by atoms with Crippen LogP contribution in [-0.4, -0.2) is 86.7 Å². The highest BCUT2D eigenvalue weighted by molar-refractivity contribution is 5.89. The highest BCUT2D eigenvalue weighted by atomic mass is 19.1. The number of nitrogens with one attached hydrogen (secondary N) is 2. The molecule has 7 rings (SSSR count). The summed E-state index contributed by atoms with van der Waals surface area (Å²) in [5.74, 6) is 1.96. The van der Waals surface area contributed by atoms with E-state index in [1.54, 1.807) is 18.2 Å². The predicted molar refractivity (Wildman–Crippen MR) is 213 cm³/mol. The lowest BCUT2D eigenvalue weighted by Gasteiger charge is -2.33. The fraction of sp³-hybridized carbons (Fsp3) is 0.439. The molecular weight excluding hydrogens is 718 g/mol. The molecule has 0 spiro atoms. The first-order chi connectivity index (χ1) is 26.9. The van der Waals surface area contributed by atoms with Crippen molar-refractivity contribution in [3.05, 3.63) is 89.5 Å². The minimum atomic E-state index is -0.482. The monoisotopic (exact) mass is 769 g/mol. The molecule has 15 heteroatoms. The van der Waals surface area contributed by atoms with Crippen molar-refractivity contribution in [2.24, 2.45) is 0 Å². The third kappa shape index (κ3) is 9.21. The molecule has 2 aromatic carbocycles. The Balaban J connectivity index is 0.00000172. The van der Waals surface area contributed by atoms with Crippen LogP contribution in [-0.2, 0) is 10.2 Å². The van der Waals surface area contributed by atoms with Crippen LogP contribution in [0.2, 0.25) is 0 Å². The number of hydrogen-bond acceptors (Lipinski definition) is 9. The Bertz CT molecular complexity index is 2130. The summed E-state index contributed by atoms with van der Waals surface area (Å²) < 4.78 is 31.4. The number of urea groups is 1. The van der Waals surface area contributed by atoms with Crippen molar-refractivity contribution in [1.82, 2.24) is 34.6 Å². The lowest BCUT2D eigenvalue weighted by molar-refractivity contribution is -0.122. The fourth-order valence-electron chi connectivity index (χ4n) is 7.13. The highest BCUT2D eigenvalue weighted by Crippen LogP contribution is 2.39. The zero-order chi connectivity index (χ0) is 40.0. The van der Waals surface area contributed by atoms with Gasteiger partial charge < -0.3 is 29.7 Å². The maximum absolute atomic E-state index is 15.4. The number of piperidine rings is 1. The van der Waals surface area contributed by atoms with Crippen LogP contribution in [0.25, 0.3) is 11.3 Å². The average molecular weight is 770 g/mol. The van der Waals surface area contributed by atoms with E-state index < -0.39 is 11.8 Å². The molecule has 0 radical (unpaired) electrons. The van der Waals surface area contributed by atoms with Crippen LogP contribution in [0.5, 0.6) is 11.5 Å². The van der Waals surface area contributed by atoms with Gasteiger partial charge in [0.2, 0.25) is 5.95 Å². The van der Waals surface area contributed by atoms with Gasteiger partial charge in [-0.1, -0.05) is 45.0 Å². The maximum Gasteiger partial charge on any atom is 0.320 e. The Labute approximate surface area is 326 Å². The minimum Gasteiger partial charge on any atom is -0.492 e. The number of aromatic nitrogens is 5. The number of benzene rings is 2. The molecule has 14 nitrogen and oxygen atoms in total. The average Bonchev–Trinajstić information content (AvgIpc) is 3.78. The summed E-state index contributed by atoms with van der Waals surface area (Å²) in [7, 11) is 3.93. The van der Waals surface area contributed by atoms with Gasteiger partial charge >= 0.3 is 6.03 Å². The summed E-state index contributed by atoms with van der Waals surface area (Å²) in [6, 6.07) is 18.0. The Morgan fingerprint density at radius 1 is 1.02 bits per heavy atom. The van der Waals surface area contributed by atoms with Crippen LogP contribution in [0.3, 0.4) is 0 Å². The van der Waals surface area contributed by atoms with Crippen LogP contribution in [0.15, 0.2) is 66.9 Å². The van der Waals surface area contributed by atoms with Crippen LogP contribution < -0.4 is 25.0 Å². The SMILES string of the molecule is C[C@H]1CCCCN1c1nnc2ccc(O[C@@H]3CC[C@H](NC(=O)Nc4cc(C(C)(C)C)nn4-c4cc(OCCN(C)C)ccc4F)c4ccccc43)cn12.O=CO. The number of halogens is 1. The maximum atomic E-state index is 15.4. The number of carbonyl (C=O) groups excluding carboxylic acids is 1. The van der Waals surface area contributed by atoms with E-state index >= 15 is 4.39 Å². The van der Waals surface area contributed by atoms with Crippen LogP contribution >= 0.6 is 0 Å². The van der Waals surface area contributed by atoms with Crippen molar-refractivity contribution < 1.29 is 28.6 Å². The minimum absolute atomic E-state index is 0.184. The van der Waals surface area contributed by atoms with E-state index in [9.17, 15) is 4.79 Å². The molecular formula is C41H52FN9O5. The summed E-state index contributed by atoms with van der Waals surface area (Å²) in [5.41, 5.74) is 3.33. The van der Waals surface area contributed by atoms with Gasteiger partial charge in [-0.2, -0.15) is 5.10 Å². The molecule has 1 saturated heterocycles. The molecule has 1 fully saturated rings. The lowest BCUT2D eigenvalue weighted by atomic mass is 9.85. The van der Waals surface area contributed by atoms with Crippen molar-refractivity contribution in [3.8, 4) is 17.2 Å². The van der Waals surface area contributed by atoms with Crippen molar-refractivity contribution in [2.45, 2.75) is 83.4 Å². The van der Waals surface area contributed by atoms with Gasteiger partial charge in [-0.15, -0.1) is 10.2 Å². The van der Waals surface area contributed by atoms with E-state index in [2.05, 4.69) is 38.7 Å². The molecule has 3 atom stereocenters. The van der Waals surface area contributed by atoms with Gasteiger partial charge in [-0.05, 0) is 88.5 Å². The highest BCUT2D eigenvalue weighted by Gasteiger charge is 2.31. The number of amides is 2. The summed E-state index contributed by atoms with van der Waals surface area (Å²) in [6.07, 6.45) is 6.64. The summed E-state index contributed by atoms with van der Waals surface area (Å²) in [5, 5.41) is 26.7. The Morgan fingerprint density at radius 3 is 2.50 bits per heavy atom. The van der Waals surface area contributed by atoms with Crippen molar-refractivity contribution in [3.63, 3.8) is 0 Å². The topological polar surface area (TPSA) is 151 Å². The summed E-state index contributed by atoms with van der Waals surface area (Å²) >= 11 is 0. The van der Waals surface area contributed by atoms with Crippen molar-refractivity contribution in [1.29, 1.82) is 0 Å². The Hall–Kier alpha value is -5.70. The second-order valence-electron chi connectivity index (χ2n) is 15.5. The van der Waals surface area contributed by atoms with Gasteiger partial charge in [0.25, 0.3) is 6.47 Å². The number of pyridine rings is 1. The van der Waals surface area contributed by atoms with Crippen LogP contribution in [0, 0.1) is 5.82 Å². The van der Waals surface area contributed by atoms with Crippen molar-refractivity contribution >= 4 is 29.9 Å². The van der Waals surface area contributed by atoms with Crippen LogP contribution in [0.4, 0.5) is 21.0 Å². The van der Waals surface area contributed by atoms with Crippen LogP contribution in [0.1, 0.15) is 88.8 Å². The number of carboxylic acid groups (broad SMARTS) is 1. The molecule has 56 heavy (non-hydrogen) atoms. The van der Waals surface area contributed by atoms with Gasteiger partial charge in [0.15, 0.2) is 5.65 Å². The molecule has 0 bridgehead atoms. The van der Waals surface area contributed by atoms with E-state index in [0.717, 1.165) is 47.9 Å². The number of anilines is 2. The zero-order valence-corrected chi connectivity index (χ0v) is 32.9. The molecule has 1 aliphatic carbocycles. The smallest absolute Gasteiger partial charge is 0.320 e. The molecule has 298 valence electrons. The van der Waals surface area contributed by atoms with Gasteiger partial charge in [-0.3, -0.25) is 14.5 Å². The fourth-order valence-corrected chi connectivity index (χ4v) is 7.13. The first-order valence-corrected chi connectivity index (χ1v) is 19.1. The molecule has 3 aromatic heterocycles. The summed E-state index contributed by atoms with van der Waals surface area (Å²) in [6.45, 7) is 10.2. The van der Waals surface area contributed by atoms with Crippen molar-refractivity contribution in [2.75, 3.05) is 44.0 Å². The number of ether oxygens (including phenoxy) is 2. The molecule has 0 saturated carbocycles. The number of likely N-dealkylation sites (N-methyl/N-ethyl adjacent to an activating group) is 1. The Kier molecular flexibility index (Phi) is 12.4. The molecule has 1 aliphatic heterocycles. The molecule has 2 aliphatic rings. The molecule has 2 amide bonds. The van der Waals surface area contributed by atoms with E-state index in [0.29, 0.717) is 49.3 Å². The number of nitrogens with zero attached hydrogens (tertiary/aromatic N) is 7. The lowest BCUT2D eigenvalue weighted by Crippen LogP contribution is -2.38. The number of fused-ring (bicyclic) bond motifs is 2. The number of rotatable bonds is 10. The van der Waals surface area contributed by atoms with E-state index in [1.807, 2.05) is 80.7 Å². The second-order valence-corrected chi connectivity index (χ2v) is 15.5. The first kappa shape index (κ1) is 40.0. The normalized spacial score (nSPS) is 18.1. The predicted octanol–water partition coefficient (Wildman–Crippen LogP) is 7.15. The van der Waals surface area contributed by atoms with Gasteiger partial charge in [-0.25, -0.2) is 13.9 Å². The quantitative estimate of drug-likeness (QED) is 0.125. The van der Waals surface area contributed by atoms with Gasteiger partial charge in [0.1, 0.15) is 41.5 Å².